The minimum absolute atomic E-state index is 0.00909. The van der Waals surface area contributed by atoms with E-state index in [1.165, 1.54) is 12.1 Å². The SMILES string of the molecule is CC1(O)CCN(S(=O)(=O)c2ccc(Br)cc2F)C1. The fourth-order valence-corrected chi connectivity index (χ4v) is 3.87. The molecule has 0 amide bonds. The van der Waals surface area contributed by atoms with Gasteiger partial charge in [-0.25, -0.2) is 12.8 Å². The Balaban J connectivity index is 2.38. The Morgan fingerprint density at radius 1 is 1.50 bits per heavy atom. The fraction of sp³-hybridized carbons (Fsp3) is 0.455. The topological polar surface area (TPSA) is 57.6 Å². The first-order valence-electron chi connectivity index (χ1n) is 5.40. The predicted octanol–water partition coefficient (Wildman–Crippen LogP) is 1.73. The van der Waals surface area contributed by atoms with Gasteiger partial charge >= 0.3 is 0 Å². The molecule has 4 nitrogen and oxygen atoms in total. The number of rotatable bonds is 2. The van der Waals surface area contributed by atoms with Crippen LogP contribution in [0.15, 0.2) is 27.6 Å². The van der Waals surface area contributed by atoms with E-state index in [2.05, 4.69) is 15.9 Å². The summed E-state index contributed by atoms with van der Waals surface area (Å²) in [6, 6.07) is 3.81. The van der Waals surface area contributed by atoms with Crippen LogP contribution < -0.4 is 0 Å². The average molecular weight is 338 g/mol. The Morgan fingerprint density at radius 2 is 2.17 bits per heavy atom. The maximum Gasteiger partial charge on any atom is 0.246 e. The van der Waals surface area contributed by atoms with Crippen LogP contribution >= 0.6 is 15.9 Å². The van der Waals surface area contributed by atoms with Gasteiger partial charge in [-0.15, -0.1) is 0 Å². The second-order valence-electron chi connectivity index (χ2n) is 4.66. The summed E-state index contributed by atoms with van der Waals surface area (Å²) in [5, 5.41) is 9.78. The number of halogens is 2. The van der Waals surface area contributed by atoms with Gasteiger partial charge in [0.1, 0.15) is 10.7 Å². The maximum absolute atomic E-state index is 13.7. The standard InChI is InChI=1S/C11H13BrFNO3S/c1-11(15)4-5-14(7-11)18(16,17)10-3-2-8(12)6-9(10)13/h2-3,6,15H,4-5,7H2,1H3. The Morgan fingerprint density at radius 3 is 2.67 bits per heavy atom. The van der Waals surface area contributed by atoms with Crippen molar-refractivity contribution >= 4 is 26.0 Å². The second-order valence-corrected chi connectivity index (χ2v) is 7.48. The quantitative estimate of drug-likeness (QED) is 0.894. The highest BCUT2D eigenvalue weighted by molar-refractivity contribution is 9.10. The van der Waals surface area contributed by atoms with E-state index >= 15 is 0 Å². The van der Waals surface area contributed by atoms with E-state index in [-0.39, 0.29) is 18.0 Å². The summed E-state index contributed by atoms with van der Waals surface area (Å²) in [6.45, 7) is 1.76. The molecule has 1 aliphatic heterocycles. The molecule has 7 heteroatoms. The lowest BCUT2D eigenvalue weighted by molar-refractivity contribution is 0.0762. The first-order valence-corrected chi connectivity index (χ1v) is 7.63. The van der Waals surface area contributed by atoms with E-state index in [4.69, 9.17) is 0 Å². The van der Waals surface area contributed by atoms with Crippen molar-refractivity contribution in [1.29, 1.82) is 0 Å². The van der Waals surface area contributed by atoms with Gasteiger partial charge in [-0.2, -0.15) is 4.31 Å². The summed E-state index contributed by atoms with van der Waals surface area (Å²) in [5.74, 6) is -0.795. The van der Waals surface area contributed by atoms with Gasteiger partial charge in [0, 0.05) is 17.6 Å². The third-order valence-electron chi connectivity index (χ3n) is 2.93. The lowest BCUT2D eigenvalue weighted by Crippen LogP contribution is -2.34. The van der Waals surface area contributed by atoms with E-state index in [9.17, 15) is 17.9 Å². The van der Waals surface area contributed by atoms with E-state index in [1.807, 2.05) is 0 Å². The number of nitrogens with zero attached hydrogens (tertiary/aromatic N) is 1. The van der Waals surface area contributed by atoms with E-state index in [0.29, 0.717) is 10.9 Å². The molecule has 0 aromatic heterocycles. The Hall–Kier alpha value is -0.500. The largest absolute Gasteiger partial charge is 0.389 e. The van der Waals surface area contributed by atoms with Crippen molar-refractivity contribution in [2.45, 2.75) is 23.8 Å². The van der Waals surface area contributed by atoms with Crippen LogP contribution in [0.4, 0.5) is 4.39 Å². The number of hydrogen-bond donors (Lipinski definition) is 1. The van der Waals surface area contributed by atoms with Crippen molar-refractivity contribution < 1.29 is 17.9 Å². The number of benzene rings is 1. The summed E-state index contributed by atoms with van der Waals surface area (Å²) in [6.07, 6.45) is 0.352. The lowest BCUT2D eigenvalue weighted by Gasteiger charge is -2.19. The molecule has 0 aliphatic carbocycles. The van der Waals surface area contributed by atoms with Gasteiger partial charge in [0.05, 0.1) is 5.60 Å². The van der Waals surface area contributed by atoms with Gasteiger partial charge in [0.15, 0.2) is 0 Å². The summed E-state index contributed by atoms with van der Waals surface area (Å²) in [7, 11) is -3.88. The van der Waals surface area contributed by atoms with Gasteiger partial charge in [-0.3, -0.25) is 0 Å². The van der Waals surface area contributed by atoms with Crippen LogP contribution in [0.3, 0.4) is 0 Å². The van der Waals surface area contributed by atoms with Gasteiger partial charge < -0.3 is 5.11 Å². The summed E-state index contributed by atoms with van der Waals surface area (Å²) >= 11 is 3.08. The fourth-order valence-electron chi connectivity index (χ4n) is 1.93. The molecule has 1 atom stereocenters. The maximum atomic E-state index is 13.7. The van der Waals surface area contributed by atoms with E-state index in [0.717, 1.165) is 10.4 Å². The van der Waals surface area contributed by atoms with Gasteiger partial charge in [-0.1, -0.05) is 15.9 Å². The van der Waals surface area contributed by atoms with Crippen LogP contribution in [0.25, 0.3) is 0 Å². The monoisotopic (exact) mass is 337 g/mol. The van der Waals surface area contributed by atoms with Crippen molar-refractivity contribution in [3.8, 4) is 0 Å². The molecular formula is C11H13BrFNO3S. The van der Waals surface area contributed by atoms with Crippen LogP contribution in [0.2, 0.25) is 0 Å². The van der Waals surface area contributed by atoms with Crippen LogP contribution in [-0.2, 0) is 10.0 Å². The van der Waals surface area contributed by atoms with Crippen LogP contribution in [-0.4, -0.2) is 36.5 Å². The normalized spacial score (nSPS) is 25.6. The number of aliphatic hydroxyl groups is 1. The molecule has 1 unspecified atom stereocenters. The molecule has 1 heterocycles. The number of hydrogen-bond acceptors (Lipinski definition) is 3. The third-order valence-corrected chi connectivity index (χ3v) is 5.30. The zero-order chi connectivity index (χ0) is 13.6. The lowest BCUT2D eigenvalue weighted by atomic mass is 10.1. The molecule has 100 valence electrons. The smallest absolute Gasteiger partial charge is 0.246 e. The minimum Gasteiger partial charge on any atom is -0.389 e. The highest BCUT2D eigenvalue weighted by Gasteiger charge is 2.39. The van der Waals surface area contributed by atoms with Crippen LogP contribution in [0.5, 0.6) is 0 Å². The molecular weight excluding hydrogens is 325 g/mol. The van der Waals surface area contributed by atoms with Crippen LogP contribution in [0, 0.1) is 5.82 Å². The minimum atomic E-state index is -3.88. The molecule has 18 heavy (non-hydrogen) atoms. The molecule has 1 fully saturated rings. The molecule has 1 aromatic rings. The Kier molecular flexibility index (Phi) is 3.52. The van der Waals surface area contributed by atoms with Crippen molar-refractivity contribution in [2.24, 2.45) is 0 Å². The average Bonchev–Trinajstić information content (AvgIpc) is 2.58. The first kappa shape index (κ1) is 13.9. The van der Waals surface area contributed by atoms with Crippen molar-refractivity contribution in [3.63, 3.8) is 0 Å². The molecule has 0 bridgehead atoms. The Labute approximate surface area is 114 Å². The third kappa shape index (κ3) is 2.59. The predicted molar refractivity (Wildman–Crippen MR) is 68.1 cm³/mol. The molecule has 2 rings (SSSR count). The highest BCUT2D eigenvalue weighted by atomic mass is 79.9. The van der Waals surface area contributed by atoms with Crippen molar-refractivity contribution in [1.82, 2.24) is 4.31 Å². The van der Waals surface area contributed by atoms with Gasteiger partial charge in [0.25, 0.3) is 0 Å². The second kappa shape index (κ2) is 4.56. The number of β-amino-alcohol motifs (C(OH)–C–C–N with tert-alkyl or cyclic N) is 1. The van der Waals surface area contributed by atoms with Crippen molar-refractivity contribution in [3.05, 3.63) is 28.5 Å². The van der Waals surface area contributed by atoms with Gasteiger partial charge in [0.2, 0.25) is 10.0 Å². The van der Waals surface area contributed by atoms with E-state index < -0.39 is 21.4 Å². The molecule has 1 aliphatic rings. The summed E-state index contributed by atoms with van der Waals surface area (Å²) < 4.78 is 39.7. The van der Waals surface area contributed by atoms with Crippen molar-refractivity contribution in [2.75, 3.05) is 13.1 Å². The summed E-state index contributed by atoms with van der Waals surface area (Å²) in [4.78, 5) is -0.358. The highest BCUT2D eigenvalue weighted by Crippen LogP contribution is 2.28. The summed E-state index contributed by atoms with van der Waals surface area (Å²) in [5.41, 5.74) is -1.04. The van der Waals surface area contributed by atoms with Crippen LogP contribution in [0.1, 0.15) is 13.3 Å². The molecule has 1 saturated heterocycles. The Bertz CT molecular complexity index is 574. The van der Waals surface area contributed by atoms with E-state index in [1.54, 1.807) is 6.92 Å². The molecule has 1 aromatic carbocycles. The molecule has 1 N–H and O–H groups in total. The zero-order valence-electron chi connectivity index (χ0n) is 9.73. The van der Waals surface area contributed by atoms with Gasteiger partial charge in [-0.05, 0) is 31.5 Å². The number of sulfonamides is 1. The molecule has 0 radical (unpaired) electrons. The first-order chi connectivity index (χ1) is 8.22. The molecule has 0 spiro atoms. The molecule has 0 saturated carbocycles. The zero-order valence-corrected chi connectivity index (χ0v) is 12.1.